The maximum absolute atomic E-state index is 11.4. The summed E-state index contributed by atoms with van der Waals surface area (Å²) in [5.41, 5.74) is 0.690. The SMILES string of the molecule is CCC(Cc1ccccc1O)S(C)(=O)=O. The van der Waals surface area contributed by atoms with E-state index in [1.165, 1.54) is 6.26 Å². The molecule has 1 N–H and O–H groups in total. The number of phenolic OH excluding ortho intramolecular Hbond substituents is 1. The van der Waals surface area contributed by atoms with Crippen LogP contribution < -0.4 is 0 Å². The molecule has 0 bridgehead atoms. The minimum absolute atomic E-state index is 0.166. The molecule has 0 aliphatic rings. The van der Waals surface area contributed by atoms with E-state index in [4.69, 9.17) is 0 Å². The highest BCUT2D eigenvalue weighted by molar-refractivity contribution is 7.91. The van der Waals surface area contributed by atoms with Gasteiger partial charge in [0.2, 0.25) is 0 Å². The first-order valence-corrected chi connectivity index (χ1v) is 6.86. The Labute approximate surface area is 90.7 Å². The summed E-state index contributed by atoms with van der Waals surface area (Å²) in [7, 11) is -3.04. The van der Waals surface area contributed by atoms with Crippen molar-refractivity contribution in [2.75, 3.05) is 6.26 Å². The van der Waals surface area contributed by atoms with Crippen molar-refractivity contribution in [1.82, 2.24) is 0 Å². The van der Waals surface area contributed by atoms with Crippen LogP contribution in [-0.4, -0.2) is 25.0 Å². The van der Waals surface area contributed by atoms with Crippen molar-refractivity contribution in [2.24, 2.45) is 0 Å². The van der Waals surface area contributed by atoms with Crippen molar-refractivity contribution in [2.45, 2.75) is 25.0 Å². The van der Waals surface area contributed by atoms with Crippen LogP contribution >= 0.6 is 0 Å². The van der Waals surface area contributed by atoms with Gasteiger partial charge in [-0.1, -0.05) is 25.1 Å². The average Bonchev–Trinajstić information content (AvgIpc) is 2.14. The van der Waals surface area contributed by atoms with Gasteiger partial charge in [-0.2, -0.15) is 0 Å². The molecule has 1 unspecified atom stereocenters. The van der Waals surface area contributed by atoms with E-state index in [0.717, 1.165) is 0 Å². The van der Waals surface area contributed by atoms with Crippen molar-refractivity contribution >= 4 is 9.84 Å². The molecule has 0 fully saturated rings. The first-order valence-electron chi connectivity index (χ1n) is 4.91. The van der Waals surface area contributed by atoms with Gasteiger partial charge in [-0.25, -0.2) is 8.42 Å². The van der Waals surface area contributed by atoms with Crippen LogP contribution in [-0.2, 0) is 16.3 Å². The summed E-state index contributed by atoms with van der Waals surface area (Å²) in [5.74, 6) is 0.166. The van der Waals surface area contributed by atoms with Crippen LogP contribution in [0.4, 0.5) is 0 Å². The van der Waals surface area contributed by atoms with E-state index in [1.807, 2.05) is 6.92 Å². The molecule has 3 nitrogen and oxygen atoms in total. The average molecular weight is 228 g/mol. The number of benzene rings is 1. The predicted octanol–water partition coefficient (Wildman–Crippen LogP) is 1.76. The Balaban J connectivity index is 2.90. The highest BCUT2D eigenvalue weighted by Crippen LogP contribution is 2.20. The predicted molar refractivity (Wildman–Crippen MR) is 60.7 cm³/mol. The molecule has 0 radical (unpaired) electrons. The summed E-state index contributed by atoms with van der Waals surface area (Å²) in [4.78, 5) is 0. The summed E-state index contributed by atoms with van der Waals surface area (Å²) in [5, 5.41) is 9.11. The molecule has 0 saturated heterocycles. The Kier molecular flexibility index (Phi) is 3.74. The molecule has 84 valence electrons. The normalized spacial score (nSPS) is 13.7. The molecule has 0 amide bonds. The van der Waals surface area contributed by atoms with E-state index >= 15 is 0 Å². The van der Waals surface area contributed by atoms with Crippen LogP contribution in [0.5, 0.6) is 5.75 Å². The number of aromatic hydroxyl groups is 1. The number of hydrogen-bond donors (Lipinski definition) is 1. The highest BCUT2D eigenvalue weighted by atomic mass is 32.2. The van der Waals surface area contributed by atoms with Gasteiger partial charge < -0.3 is 5.11 Å². The minimum atomic E-state index is -3.04. The lowest BCUT2D eigenvalue weighted by atomic mass is 10.1. The molecule has 0 aliphatic carbocycles. The van der Waals surface area contributed by atoms with Crippen LogP contribution in [0, 0.1) is 0 Å². The van der Waals surface area contributed by atoms with Crippen LogP contribution in [0.15, 0.2) is 24.3 Å². The van der Waals surface area contributed by atoms with Gasteiger partial charge in [0.15, 0.2) is 9.84 Å². The van der Waals surface area contributed by atoms with Crippen molar-refractivity contribution in [3.63, 3.8) is 0 Å². The molecule has 0 spiro atoms. The van der Waals surface area contributed by atoms with Crippen molar-refractivity contribution in [1.29, 1.82) is 0 Å². The lowest BCUT2D eigenvalue weighted by Gasteiger charge is -2.13. The van der Waals surface area contributed by atoms with Gasteiger partial charge >= 0.3 is 0 Å². The van der Waals surface area contributed by atoms with Gasteiger partial charge in [-0.05, 0) is 24.5 Å². The zero-order valence-corrected chi connectivity index (χ0v) is 9.79. The zero-order valence-electron chi connectivity index (χ0n) is 8.97. The van der Waals surface area contributed by atoms with Gasteiger partial charge in [0.1, 0.15) is 5.75 Å². The molecule has 15 heavy (non-hydrogen) atoms. The van der Waals surface area contributed by atoms with Gasteiger partial charge in [0.25, 0.3) is 0 Å². The number of sulfone groups is 1. The number of hydrogen-bond acceptors (Lipinski definition) is 3. The fourth-order valence-corrected chi connectivity index (χ4v) is 2.61. The van der Waals surface area contributed by atoms with Crippen LogP contribution in [0.3, 0.4) is 0 Å². The maximum Gasteiger partial charge on any atom is 0.150 e. The Morgan fingerprint density at radius 2 is 1.93 bits per heavy atom. The first kappa shape index (κ1) is 12.0. The smallest absolute Gasteiger partial charge is 0.150 e. The summed E-state index contributed by atoms with van der Waals surface area (Å²) < 4.78 is 22.8. The van der Waals surface area contributed by atoms with Gasteiger partial charge in [-0.3, -0.25) is 0 Å². The second kappa shape index (κ2) is 4.66. The summed E-state index contributed by atoms with van der Waals surface area (Å²) >= 11 is 0. The van der Waals surface area contributed by atoms with E-state index in [1.54, 1.807) is 24.3 Å². The lowest BCUT2D eigenvalue weighted by molar-refractivity contribution is 0.466. The molecular weight excluding hydrogens is 212 g/mol. The van der Waals surface area contributed by atoms with Crippen molar-refractivity contribution in [3.05, 3.63) is 29.8 Å². The number of para-hydroxylation sites is 1. The van der Waals surface area contributed by atoms with Crippen LogP contribution in [0.1, 0.15) is 18.9 Å². The fourth-order valence-electron chi connectivity index (χ4n) is 1.53. The molecule has 1 atom stereocenters. The largest absolute Gasteiger partial charge is 0.508 e. The molecule has 0 aliphatic heterocycles. The highest BCUT2D eigenvalue weighted by Gasteiger charge is 2.19. The third-order valence-corrected chi connectivity index (χ3v) is 4.21. The zero-order chi connectivity index (χ0) is 11.5. The minimum Gasteiger partial charge on any atom is -0.508 e. The molecule has 0 heterocycles. The third-order valence-electron chi connectivity index (χ3n) is 2.50. The van der Waals surface area contributed by atoms with Crippen LogP contribution in [0.2, 0.25) is 0 Å². The maximum atomic E-state index is 11.4. The molecule has 0 saturated carbocycles. The molecule has 1 aromatic rings. The molecular formula is C11H16O3S. The molecule has 1 rings (SSSR count). The summed E-state index contributed by atoms with van der Waals surface area (Å²) in [6, 6.07) is 6.85. The van der Waals surface area contributed by atoms with E-state index in [2.05, 4.69) is 0 Å². The Morgan fingerprint density at radius 1 is 1.33 bits per heavy atom. The second-order valence-corrected chi connectivity index (χ2v) is 6.02. The fraction of sp³-hybridized carbons (Fsp3) is 0.455. The quantitative estimate of drug-likeness (QED) is 0.854. The van der Waals surface area contributed by atoms with E-state index in [9.17, 15) is 13.5 Å². The van der Waals surface area contributed by atoms with Gasteiger partial charge in [-0.15, -0.1) is 0 Å². The lowest BCUT2D eigenvalue weighted by Crippen LogP contribution is -2.21. The Hall–Kier alpha value is -1.03. The topological polar surface area (TPSA) is 54.4 Å². The van der Waals surface area contributed by atoms with Crippen molar-refractivity contribution in [3.8, 4) is 5.75 Å². The summed E-state index contributed by atoms with van der Waals surface area (Å²) in [6.07, 6.45) is 2.18. The van der Waals surface area contributed by atoms with E-state index < -0.39 is 15.1 Å². The molecule has 4 heteroatoms. The molecule has 1 aromatic carbocycles. The van der Waals surface area contributed by atoms with Gasteiger partial charge in [0.05, 0.1) is 5.25 Å². The summed E-state index contributed by atoms with van der Waals surface area (Å²) in [6.45, 7) is 1.84. The van der Waals surface area contributed by atoms with Crippen molar-refractivity contribution < 1.29 is 13.5 Å². The first-order chi connectivity index (χ1) is 6.95. The Bertz CT molecular complexity index is 423. The number of phenols is 1. The Morgan fingerprint density at radius 3 is 2.40 bits per heavy atom. The third kappa shape index (κ3) is 3.23. The molecule has 0 aromatic heterocycles. The van der Waals surface area contributed by atoms with E-state index in [0.29, 0.717) is 18.4 Å². The monoisotopic (exact) mass is 228 g/mol. The standard InChI is InChI=1S/C11H16O3S/c1-3-10(15(2,13)14)8-9-6-4-5-7-11(9)12/h4-7,10,12H,3,8H2,1-2H3. The van der Waals surface area contributed by atoms with E-state index in [-0.39, 0.29) is 5.75 Å². The van der Waals surface area contributed by atoms with Gasteiger partial charge in [0, 0.05) is 6.26 Å². The second-order valence-electron chi connectivity index (χ2n) is 3.69. The van der Waals surface area contributed by atoms with Crippen LogP contribution in [0.25, 0.3) is 0 Å². The number of rotatable bonds is 4.